The molecule has 1 saturated heterocycles. The Morgan fingerprint density at radius 2 is 2.16 bits per heavy atom. The highest BCUT2D eigenvalue weighted by Crippen LogP contribution is 2.28. The van der Waals surface area contributed by atoms with E-state index in [1.807, 2.05) is 37.3 Å². The Balaban J connectivity index is 1.89. The second kappa shape index (κ2) is 5.25. The largest absolute Gasteiger partial charge is 0.311 e. The summed E-state index contributed by atoms with van der Waals surface area (Å²) in [6.45, 7) is 2.90. The van der Waals surface area contributed by atoms with Crippen LogP contribution in [-0.2, 0) is 0 Å². The summed E-state index contributed by atoms with van der Waals surface area (Å²) >= 11 is 0. The number of alkyl halides is 1. The van der Waals surface area contributed by atoms with Gasteiger partial charge >= 0.3 is 0 Å². The summed E-state index contributed by atoms with van der Waals surface area (Å²) in [4.78, 5) is 4.45. The van der Waals surface area contributed by atoms with Crippen LogP contribution in [0.4, 0.5) is 4.39 Å². The second-order valence-electron chi connectivity index (χ2n) is 5.36. The van der Waals surface area contributed by atoms with Crippen molar-refractivity contribution in [3.63, 3.8) is 0 Å². The summed E-state index contributed by atoms with van der Waals surface area (Å²) in [5, 5.41) is 4.30. The SMILES string of the molecule is Cc1ccc2cc(C(F)C3CCCCN3)ccc2n1. The van der Waals surface area contributed by atoms with Crippen LogP contribution < -0.4 is 5.32 Å². The molecule has 2 atom stereocenters. The van der Waals surface area contributed by atoms with Gasteiger partial charge in [0.15, 0.2) is 0 Å². The van der Waals surface area contributed by atoms with Crippen molar-refractivity contribution in [1.29, 1.82) is 0 Å². The minimum absolute atomic E-state index is 0.0374. The van der Waals surface area contributed by atoms with Crippen molar-refractivity contribution in [2.45, 2.75) is 38.4 Å². The quantitative estimate of drug-likeness (QED) is 0.888. The highest BCUT2D eigenvalue weighted by atomic mass is 19.1. The van der Waals surface area contributed by atoms with E-state index in [-0.39, 0.29) is 6.04 Å². The number of pyridine rings is 1. The molecule has 0 spiro atoms. The van der Waals surface area contributed by atoms with Crippen molar-refractivity contribution >= 4 is 10.9 Å². The number of nitrogens with one attached hydrogen (secondary N) is 1. The molecule has 2 heterocycles. The van der Waals surface area contributed by atoms with Crippen LogP contribution in [0.15, 0.2) is 30.3 Å². The molecule has 0 bridgehead atoms. The van der Waals surface area contributed by atoms with Crippen LogP contribution in [-0.4, -0.2) is 17.6 Å². The number of rotatable bonds is 2. The van der Waals surface area contributed by atoms with E-state index in [0.29, 0.717) is 0 Å². The minimum atomic E-state index is -0.925. The number of hydrogen-bond acceptors (Lipinski definition) is 2. The number of aromatic nitrogens is 1. The summed E-state index contributed by atoms with van der Waals surface area (Å²) in [6, 6.07) is 9.68. The fourth-order valence-electron chi connectivity index (χ4n) is 2.78. The van der Waals surface area contributed by atoms with Gasteiger partial charge in [-0.05, 0) is 50.1 Å². The predicted molar refractivity (Wildman–Crippen MR) is 76.0 cm³/mol. The van der Waals surface area contributed by atoms with Gasteiger partial charge in [-0.1, -0.05) is 18.6 Å². The number of hydrogen-bond donors (Lipinski definition) is 1. The first-order valence-corrected chi connectivity index (χ1v) is 6.99. The van der Waals surface area contributed by atoms with Gasteiger partial charge in [0.25, 0.3) is 0 Å². The van der Waals surface area contributed by atoms with Crippen molar-refractivity contribution in [2.75, 3.05) is 6.54 Å². The molecule has 1 aliphatic rings. The molecular formula is C16H19FN2. The molecule has 0 amide bonds. The van der Waals surface area contributed by atoms with Crippen molar-refractivity contribution < 1.29 is 4.39 Å². The Morgan fingerprint density at radius 1 is 1.26 bits per heavy atom. The topological polar surface area (TPSA) is 24.9 Å². The van der Waals surface area contributed by atoms with Gasteiger partial charge in [0.1, 0.15) is 6.17 Å². The lowest BCUT2D eigenvalue weighted by Gasteiger charge is -2.26. The van der Waals surface area contributed by atoms with E-state index in [2.05, 4.69) is 10.3 Å². The fourth-order valence-corrected chi connectivity index (χ4v) is 2.78. The first kappa shape index (κ1) is 12.5. The Bertz CT molecular complexity index is 576. The lowest BCUT2D eigenvalue weighted by Crippen LogP contribution is -2.37. The smallest absolute Gasteiger partial charge is 0.140 e. The Hall–Kier alpha value is -1.48. The third-order valence-corrected chi connectivity index (χ3v) is 3.87. The lowest BCUT2D eigenvalue weighted by atomic mass is 9.95. The van der Waals surface area contributed by atoms with Crippen LogP contribution in [0.25, 0.3) is 10.9 Å². The number of aryl methyl sites for hydroxylation is 1. The highest BCUT2D eigenvalue weighted by Gasteiger charge is 2.24. The van der Waals surface area contributed by atoms with Gasteiger partial charge in [-0.2, -0.15) is 0 Å². The monoisotopic (exact) mass is 258 g/mol. The zero-order valence-corrected chi connectivity index (χ0v) is 11.2. The summed E-state index contributed by atoms with van der Waals surface area (Å²) in [5.41, 5.74) is 2.69. The molecule has 2 nitrogen and oxygen atoms in total. The highest BCUT2D eigenvalue weighted by molar-refractivity contribution is 5.79. The van der Waals surface area contributed by atoms with Gasteiger partial charge in [-0.3, -0.25) is 4.98 Å². The second-order valence-corrected chi connectivity index (χ2v) is 5.36. The van der Waals surface area contributed by atoms with Gasteiger partial charge in [-0.25, -0.2) is 4.39 Å². The molecule has 1 aromatic heterocycles. The molecule has 0 saturated carbocycles. The molecule has 1 fully saturated rings. The molecule has 1 N–H and O–H groups in total. The van der Waals surface area contributed by atoms with E-state index >= 15 is 0 Å². The van der Waals surface area contributed by atoms with E-state index in [1.54, 1.807) is 0 Å². The summed E-state index contributed by atoms with van der Waals surface area (Å²) in [5.74, 6) is 0. The Kier molecular flexibility index (Phi) is 3.47. The van der Waals surface area contributed by atoms with Crippen LogP contribution in [0.2, 0.25) is 0 Å². The fraction of sp³-hybridized carbons (Fsp3) is 0.438. The Morgan fingerprint density at radius 3 is 2.95 bits per heavy atom. The van der Waals surface area contributed by atoms with Crippen LogP contribution in [0.3, 0.4) is 0 Å². The minimum Gasteiger partial charge on any atom is -0.311 e. The molecular weight excluding hydrogens is 239 g/mol. The van der Waals surface area contributed by atoms with E-state index in [4.69, 9.17) is 0 Å². The average Bonchev–Trinajstić information content (AvgIpc) is 2.47. The maximum Gasteiger partial charge on any atom is 0.140 e. The standard InChI is InChI=1S/C16H19FN2/c1-11-5-6-12-10-13(7-8-14(12)19-11)16(17)15-4-2-3-9-18-15/h5-8,10,15-16,18H,2-4,9H2,1H3. The number of benzene rings is 1. The summed E-state index contributed by atoms with van der Waals surface area (Å²) < 4.78 is 14.5. The van der Waals surface area contributed by atoms with E-state index in [0.717, 1.165) is 48.0 Å². The molecule has 1 aromatic carbocycles. The third-order valence-electron chi connectivity index (χ3n) is 3.87. The van der Waals surface area contributed by atoms with Gasteiger partial charge in [0, 0.05) is 17.1 Å². The number of halogens is 1. The summed E-state index contributed by atoms with van der Waals surface area (Å²) in [7, 11) is 0. The molecule has 2 aromatic rings. The van der Waals surface area contributed by atoms with Crippen molar-refractivity contribution in [1.82, 2.24) is 10.3 Å². The number of nitrogens with zero attached hydrogens (tertiary/aromatic N) is 1. The number of fused-ring (bicyclic) bond motifs is 1. The van der Waals surface area contributed by atoms with Gasteiger partial charge in [-0.15, -0.1) is 0 Å². The normalized spacial score (nSPS) is 21.5. The molecule has 19 heavy (non-hydrogen) atoms. The van der Waals surface area contributed by atoms with Gasteiger partial charge in [0.2, 0.25) is 0 Å². The number of piperidine rings is 1. The van der Waals surface area contributed by atoms with Crippen molar-refractivity contribution in [3.05, 3.63) is 41.6 Å². The zero-order chi connectivity index (χ0) is 13.2. The Labute approximate surface area is 113 Å². The van der Waals surface area contributed by atoms with Crippen molar-refractivity contribution in [2.24, 2.45) is 0 Å². The molecule has 3 heteroatoms. The molecule has 0 aliphatic carbocycles. The molecule has 3 rings (SSSR count). The van der Waals surface area contributed by atoms with Crippen LogP contribution in [0.5, 0.6) is 0 Å². The lowest BCUT2D eigenvalue weighted by molar-refractivity contribution is 0.221. The van der Waals surface area contributed by atoms with Crippen LogP contribution >= 0.6 is 0 Å². The first-order valence-electron chi connectivity index (χ1n) is 6.99. The maximum absolute atomic E-state index is 14.5. The maximum atomic E-state index is 14.5. The van der Waals surface area contributed by atoms with E-state index in [9.17, 15) is 4.39 Å². The summed E-state index contributed by atoms with van der Waals surface area (Å²) in [6.07, 6.45) is 2.27. The average molecular weight is 258 g/mol. The molecule has 0 radical (unpaired) electrons. The third kappa shape index (κ3) is 2.61. The van der Waals surface area contributed by atoms with Crippen molar-refractivity contribution in [3.8, 4) is 0 Å². The van der Waals surface area contributed by atoms with E-state index < -0.39 is 6.17 Å². The van der Waals surface area contributed by atoms with Gasteiger partial charge < -0.3 is 5.32 Å². The predicted octanol–water partition coefficient (Wildman–Crippen LogP) is 3.70. The van der Waals surface area contributed by atoms with Crippen LogP contribution in [0.1, 0.15) is 36.7 Å². The molecule has 2 unspecified atom stereocenters. The van der Waals surface area contributed by atoms with Crippen LogP contribution in [0, 0.1) is 6.92 Å². The van der Waals surface area contributed by atoms with E-state index in [1.165, 1.54) is 0 Å². The molecule has 100 valence electrons. The zero-order valence-electron chi connectivity index (χ0n) is 11.2. The first-order chi connectivity index (χ1) is 9.24. The van der Waals surface area contributed by atoms with Gasteiger partial charge in [0.05, 0.1) is 5.52 Å². The molecule has 1 aliphatic heterocycles.